The number of anilines is 1. The summed E-state index contributed by atoms with van der Waals surface area (Å²) in [6, 6.07) is 5.58. The maximum absolute atomic E-state index is 13.7. The van der Waals surface area contributed by atoms with Crippen molar-refractivity contribution in [1.29, 1.82) is 0 Å². The molecule has 0 bridgehead atoms. The van der Waals surface area contributed by atoms with E-state index in [0.29, 0.717) is 19.1 Å². The molecule has 0 N–H and O–H groups in total. The van der Waals surface area contributed by atoms with Crippen LogP contribution in [0.4, 0.5) is 14.9 Å². The van der Waals surface area contributed by atoms with E-state index in [2.05, 4.69) is 4.90 Å². The van der Waals surface area contributed by atoms with Crippen molar-refractivity contribution in [2.75, 3.05) is 18.0 Å². The highest BCUT2D eigenvalue weighted by Crippen LogP contribution is 2.34. The van der Waals surface area contributed by atoms with Gasteiger partial charge >= 0.3 is 6.09 Å². The van der Waals surface area contributed by atoms with Crippen LogP contribution in [0.1, 0.15) is 59.3 Å². The van der Waals surface area contributed by atoms with Crippen molar-refractivity contribution in [3.63, 3.8) is 0 Å². The van der Waals surface area contributed by atoms with Gasteiger partial charge in [0.2, 0.25) is 0 Å². The normalized spacial score (nSPS) is 21.4. The van der Waals surface area contributed by atoms with Crippen LogP contribution >= 0.6 is 11.6 Å². The van der Waals surface area contributed by atoms with E-state index >= 15 is 0 Å². The van der Waals surface area contributed by atoms with E-state index < -0.39 is 11.4 Å². The fourth-order valence-electron chi connectivity index (χ4n) is 4.19. The predicted octanol–water partition coefficient (Wildman–Crippen LogP) is 5.63. The Bertz CT molecular complexity index is 671. The highest BCUT2D eigenvalue weighted by Gasteiger charge is 2.36. The smallest absolute Gasteiger partial charge is 0.410 e. The third kappa shape index (κ3) is 5.07. The minimum atomic E-state index is -0.497. The van der Waals surface area contributed by atoms with Gasteiger partial charge in [-0.2, -0.15) is 0 Å². The molecule has 150 valence electrons. The van der Waals surface area contributed by atoms with Crippen LogP contribution in [0.15, 0.2) is 18.2 Å². The molecule has 1 aliphatic carbocycles. The lowest BCUT2D eigenvalue weighted by atomic mass is 9.92. The van der Waals surface area contributed by atoms with Crippen LogP contribution in [0.3, 0.4) is 0 Å². The van der Waals surface area contributed by atoms with Gasteiger partial charge in [-0.1, -0.05) is 30.9 Å². The molecule has 2 fully saturated rings. The third-order valence-electron chi connectivity index (χ3n) is 5.38. The minimum Gasteiger partial charge on any atom is -0.444 e. The van der Waals surface area contributed by atoms with Gasteiger partial charge in [-0.05, 0) is 58.2 Å². The molecular weight excluding hydrogens is 367 g/mol. The molecular formula is C21H30ClFN2O2. The molecule has 3 rings (SSSR count). The van der Waals surface area contributed by atoms with Gasteiger partial charge in [-0.15, -0.1) is 0 Å². The maximum atomic E-state index is 13.7. The number of nitrogens with zero attached hydrogens (tertiary/aromatic N) is 2. The van der Waals surface area contributed by atoms with Gasteiger partial charge in [-0.25, -0.2) is 9.18 Å². The Morgan fingerprint density at radius 3 is 2.52 bits per heavy atom. The first-order chi connectivity index (χ1) is 12.7. The summed E-state index contributed by atoms with van der Waals surface area (Å²) >= 11 is 6.07. The Labute approximate surface area is 166 Å². The van der Waals surface area contributed by atoms with E-state index in [1.165, 1.54) is 25.3 Å². The summed E-state index contributed by atoms with van der Waals surface area (Å²) in [6.45, 7) is 6.95. The van der Waals surface area contributed by atoms with Crippen molar-refractivity contribution in [3.05, 3.63) is 29.0 Å². The van der Waals surface area contributed by atoms with E-state index in [1.807, 2.05) is 26.8 Å². The number of hydrogen-bond donors (Lipinski definition) is 0. The molecule has 1 saturated heterocycles. The molecule has 1 atom stereocenters. The Hall–Kier alpha value is -1.49. The van der Waals surface area contributed by atoms with Crippen LogP contribution in [0.2, 0.25) is 5.02 Å². The lowest BCUT2D eigenvalue weighted by Gasteiger charge is -2.40. The summed E-state index contributed by atoms with van der Waals surface area (Å²) in [5, 5.41) is 0.148. The number of carbonyl (C=O) groups is 1. The summed E-state index contributed by atoms with van der Waals surface area (Å²) in [4.78, 5) is 16.6. The Morgan fingerprint density at radius 1 is 1.19 bits per heavy atom. The molecule has 1 aromatic carbocycles. The molecule has 0 spiro atoms. The number of ether oxygens (including phenoxy) is 1. The second kappa shape index (κ2) is 8.26. The van der Waals surface area contributed by atoms with Crippen molar-refractivity contribution in [2.45, 2.75) is 77.0 Å². The quantitative estimate of drug-likeness (QED) is 0.663. The van der Waals surface area contributed by atoms with Crippen molar-refractivity contribution in [3.8, 4) is 0 Å². The SMILES string of the molecule is CC(C)(C)OC(=O)N1CC[C@H](N(c2ccc(F)c(Cl)c2)C2CCCCC2)C1. The summed E-state index contributed by atoms with van der Waals surface area (Å²) in [5.41, 5.74) is 0.451. The molecule has 0 unspecified atom stereocenters. The molecule has 2 aliphatic rings. The monoisotopic (exact) mass is 396 g/mol. The summed E-state index contributed by atoms with van der Waals surface area (Å²) in [7, 11) is 0. The lowest BCUT2D eigenvalue weighted by molar-refractivity contribution is 0.0292. The topological polar surface area (TPSA) is 32.8 Å². The molecule has 1 heterocycles. The van der Waals surface area contributed by atoms with Crippen molar-refractivity contribution < 1.29 is 13.9 Å². The lowest BCUT2D eigenvalue weighted by Crippen LogP contribution is -2.46. The van der Waals surface area contributed by atoms with Crippen LogP contribution in [-0.4, -0.2) is 41.8 Å². The van der Waals surface area contributed by atoms with E-state index in [4.69, 9.17) is 16.3 Å². The van der Waals surface area contributed by atoms with Crippen molar-refractivity contribution in [2.24, 2.45) is 0 Å². The standard InChI is InChI=1S/C21H30ClFN2O2/c1-21(2,3)27-20(26)24-12-11-17(14-24)25(15-7-5-4-6-8-15)16-9-10-19(23)18(22)13-16/h9-10,13,15,17H,4-8,11-12,14H2,1-3H3/t17-/m0/s1. The zero-order chi connectivity index (χ0) is 19.6. The van der Waals surface area contributed by atoms with Crippen LogP contribution in [-0.2, 0) is 4.74 Å². The highest BCUT2D eigenvalue weighted by atomic mass is 35.5. The number of amides is 1. The average molecular weight is 397 g/mol. The molecule has 0 radical (unpaired) electrons. The van der Waals surface area contributed by atoms with Gasteiger partial charge in [0.1, 0.15) is 11.4 Å². The van der Waals surface area contributed by atoms with E-state index in [1.54, 1.807) is 11.0 Å². The highest BCUT2D eigenvalue weighted by molar-refractivity contribution is 6.31. The molecule has 1 saturated carbocycles. The van der Waals surface area contributed by atoms with Gasteiger partial charge in [0.15, 0.2) is 0 Å². The minimum absolute atomic E-state index is 0.148. The number of rotatable bonds is 3. The number of carbonyl (C=O) groups excluding carboxylic acids is 1. The van der Waals surface area contributed by atoms with Crippen LogP contribution < -0.4 is 4.90 Å². The Balaban J connectivity index is 1.79. The van der Waals surface area contributed by atoms with Crippen LogP contribution in [0, 0.1) is 5.82 Å². The largest absolute Gasteiger partial charge is 0.444 e. The number of benzene rings is 1. The first-order valence-corrected chi connectivity index (χ1v) is 10.3. The first kappa shape index (κ1) is 20.2. The zero-order valence-electron chi connectivity index (χ0n) is 16.5. The molecule has 1 aromatic rings. The summed E-state index contributed by atoms with van der Waals surface area (Å²) < 4.78 is 19.2. The Morgan fingerprint density at radius 2 is 1.89 bits per heavy atom. The molecule has 6 heteroatoms. The number of halogens is 2. The maximum Gasteiger partial charge on any atom is 0.410 e. The molecule has 0 aromatic heterocycles. The summed E-state index contributed by atoms with van der Waals surface area (Å²) in [5.74, 6) is -0.397. The van der Waals surface area contributed by atoms with E-state index in [-0.39, 0.29) is 17.2 Å². The third-order valence-corrected chi connectivity index (χ3v) is 5.67. The zero-order valence-corrected chi connectivity index (χ0v) is 17.3. The van der Waals surface area contributed by atoms with Crippen LogP contribution in [0.5, 0.6) is 0 Å². The molecule has 27 heavy (non-hydrogen) atoms. The van der Waals surface area contributed by atoms with Gasteiger partial charge in [0.05, 0.1) is 5.02 Å². The second-order valence-electron chi connectivity index (χ2n) is 8.67. The average Bonchev–Trinajstić information content (AvgIpc) is 3.08. The van der Waals surface area contributed by atoms with Gasteiger partial charge < -0.3 is 14.5 Å². The van der Waals surface area contributed by atoms with Crippen molar-refractivity contribution in [1.82, 2.24) is 4.90 Å². The van der Waals surface area contributed by atoms with E-state index in [9.17, 15) is 9.18 Å². The predicted molar refractivity (Wildman–Crippen MR) is 107 cm³/mol. The fourth-order valence-corrected chi connectivity index (χ4v) is 4.36. The van der Waals surface area contributed by atoms with E-state index in [0.717, 1.165) is 24.9 Å². The summed E-state index contributed by atoms with van der Waals surface area (Å²) in [6.07, 6.45) is 6.55. The number of likely N-dealkylation sites (tertiary alicyclic amines) is 1. The fraction of sp³-hybridized carbons (Fsp3) is 0.667. The van der Waals surface area contributed by atoms with Gasteiger partial charge in [0, 0.05) is 30.9 Å². The molecule has 1 aliphatic heterocycles. The Kier molecular flexibility index (Phi) is 6.19. The first-order valence-electron chi connectivity index (χ1n) is 9.96. The van der Waals surface area contributed by atoms with Crippen molar-refractivity contribution >= 4 is 23.4 Å². The molecule has 1 amide bonds. The molecule has 4 nitrogen and oxygen atoms in total. The second-order valence-corrected chi connectivity index (χ2v) is 9.07. The van der Waals surface area contributed by atoms with Gasteiger partial charge in [0.25, 0.3) is 0 Å². The van der Waals surface area contributed by atoms with Gasteiger partial charge in [-0.3, -0.25) is 0 Å². The number of hydrogen-bond acceptors (Lipinski definition) is 3. The van der Waals surface area contributed by atoms with Crippen LogP contribution in [0.25, 0.3) is 0 Å².